The molecule has 2 aromatic carbocycles. The molecule has 0 aliphatic heterocycles. The van der Waals surface area contributed by atoms with Crippen molar-refractivity contribution < 1.29 is 28.2 Å². The van der Waals surface area contributed by atoms with Crippen LogP contribution in [0.2, 0.25) is 0 Å². The van der Waals surface area contributed by atoms with Gasteiger partial charge in [0.2, 0.25) is 0 Å². The number of nitrogens with one attached hydrogen (secondary N) is 1. The molecule has 3 aromatic rings. The lowest BCUT2D eigenvalue weighted by Gasteiger charge is -2.10. The van der Waals surface area contributed by atoms with Crippen molar-refractivity contribution in [2.45, 2.75) is 6.92 Å². The third-order valence-electron chi connectivity index (χ3n) is 3.84. The molecule has 3 rings (SSSR count). The minimum Gasteiger partial charge on any atom is -0.507 e. The highest BCUT2D eigenvalue weighted by Crippen LogP contribution is 2.28. The number of aromatic nitrogens is 2. The van der Waals surface area contributed by atoms with Crippen LogP contribution in [0.1, 0.15) is 17.3 Å². The van der Waals surface area contributed by atoms with Crippen LogP contribution in [0, 0.1) is 11.6 Å². The van der Waals surface area contributed by atoms with Gasteiger partial charge in [0.1, 0.15) is 23.4 Å². The van der Waals surface area contributed by atoms with Gasteiger partial charge in [-0.3, -0.25) is 14.6 Å². The molecule has 0 saturated heterocycles. The van der Waals surface area contributed by atoms with Crippen molar-refractivity contribution in [2.75, 3.05) is 13.2 Å². The maximum Gasteiger partial charge on any atom is 0.325 e. The highest BCUT2D eigenvalue weighted by molar-refractivity contribution is 6.08. The Labute approximate surface area is 158 Å². The largest absolute Gasteiger partial charge is 0.507 e. The smallest absolute Gasteiger partial charge is 0.325 e. The van der Waals surface area contributed by atoms with Crippen LogP contribution in [-0.4, -0.2) is 40.1 Å². The zero-order chi connectivity index (χ0) is 20.3. The number of esters is 1. The minimum absolute atomic E-state index is 0.0434. The topological polar surface area (TPSA) is 101 Å². The second kappa shape index (κ2) is 7.95. The van der Waals surface area contributed by atoms with Gasteiger partial charge in [-0.05, 0) is 31.2 Å². The number of amides is 1. The summed E-state index contributed by atoms with van der Waals surface area (Å²) in [6, 6.07) is 6.28. The maximum absolute atomic E-state index is 14.0. The molecule has 28 heavy (non-hydrogen) atoms. The van der Waals surface area contributed by atoms with Crippen LogP contribution in [0.25, 0.3) is 22.3 Å². The summed E-state index contributed by atoms with van der Waals surface area (Å²) < 4.78 is 32.2. The number of ether oxygens (including phenoxy) is 1. The molecule has 0 radical (unpaired) electrons. The first-order chi connectivity index (χ1) is 13.4. The van der Waals surface area contributed by atoms with Crippen molar-refractivity contribution in [1.82, 2.24) is 15.3 Å². The number of benzene rings is 2. The van der Waals surface area contributed by atoms with E-state index in [1.165, 1.54) is 30.5 Å². The molecule has 0 spiro atoms. The lowest BCUT2D eigenvalue weighted by atomic mass is 10.1. The molecule has 1 amide bonds. The normalized spacial score (nSPS) is 10.7. The third kappa shape index (κ3) is 3.73. The number of hydrogen-bond donors (Lipinski definition) is 2. The molecule has 0 unspecified atom stereocenters. The molecule has 0 fully saturated rings. The number of phenols is 1. The fourth-order valence-electron chi connectivity index (χ4n) is 2.58. The Morgan fingerprint density at radius 3 is 2.75 bits per heavy atom. The first-order valence-electron chi connectivity index (χ1n) is 8.29. The number of phenolic OH excluding ortho intramolecular Hbond substituents is 1. The number of nitrogens with zero attached hydrogens (tertiary/aromatic N) is 2. The number of rotatable bonds is 5. The summed E-state index contributed by atoms with van der Waals surface area (Å²) in [6.07, 6.45) is 1.17. The first kappa shape index (κ1) is 19.2. The van der Waals surface area contributed by atoms with Gasteiger partial charge in [0.15, 0.2) is 11.6 Å². The summed E-state index contributed by atoms with van der Waals surface area (Å²) in [5, 5.41) is 12.4. The second-order valence-corrected chi connectivity index (χ2v) is 5.67. The number of halogens is 2. The number of carbonyl (C=O) groups excluding carboxylic acids is 2. The van der Waals surface area contributed by atoms with E-state index in [0.717, 1.165) is 6.07 Å². The number of aromatic hydroxyl groups is 1. The molecule has 144 valence electrons. The summed E-state index contributed by atoms with van der Waals surface area (Å²) in [4.78, 5) is 32.1. The lowest BCUT2D eigenvalue weighted by Crippen LogP contribution is -2.31. The summed E-state index contributed by atoms with van der Waals surface area (Å²) in [6.45, 7) is 1.41. The minimum atomic E-state index is -1.07. The monoisotopic (exact) mass is 387 g/mol. The number of fused-ring (bicyclic) bond motifs is 1. The van der Waals surface area contributed by atoms with Gasteiger partial charge >= 0.3 is 5.97 Å². The molecular formula is C19H15F2N3O4. The van der Waals surface area contributed by atoms with E-state index in [1.807, 2.05) is 0 Å². The quantitative estimate of drug-likeness (QED) is 0.653. The van der Waals surface area contributed by atoms with Crippen LogP contribution >= 0.6 is 0 Å². The maximum atomic E-state index is 14.0. The van der Waals surface area contributed by atoms with Crippen LogP contribution in [0.5, 0.6) is 5.75 Å². The van der Waals surface area contributed by atoms with Gasteiger partial charge < -0.3 is 15.2 Å². The van der Waals surface area contributed by atoms with Gasteiger partial charge in [0.25, 0.3) is 5.91 Å². The van der Waals surface area contributed by atoms with E-state index in [4.69, 9.17) is 4.74 Å². The highest BCUT2D eigenvalue weighted by Gasteiger charge is 2.19. The zero-order valence-electron chi connectivity index (χ0n) is 14.7. The van der Waals surface area contributed by atoms with Crippen LogP contribution in [0.4, 0.5) is 8.78 Å². The molecule has 1 heterocycles. The van der Waals surface area contributed by atoms with E-state index in [9.17, 15) is 23.5 Å². The standard InChI is InChI=1S/C19H15F2N3O4/c1-2-28-15(26)9-23-19(27)16-14(25)7-6-12-18(16)22-8-13(24-12)10-4-3-5-11(20)17(10)21/h3-8,25H,2,9H2,1H3,(H,23,27). The van der Waals surface area contributed by atoms with Gasteiger partial charge in [-0.1, -0.05) is 6.07 Å². The Morgan fingerprint density at radius 1 is 1.21 bits per heavy atom. The van der Waals surface area contributed by atoms with Crippen LogP contribution in [0.15, 0.2) is 36.5 Å². The van der Waals surface area contributed by atoms with Crippen LogP contribution < -0.4 is 5.32 Å². The Hall–Kier alpha value is -3.62. The Morgan fingerprint density at radius 2 is 2.00 bits per heavy atom. The number of carbonyl (C=O) groups is 2. The second-order valence-electron chi connectivity index (χ2n) is 5.67. The van der Waals surface area contributed by atoms with Crippen molar-refractivity contribution >= 4 is 22.9 Å². The fourth-order valence-corrected chi connectivity index (χ4v) is 2.58. The SMILES string of the molecule is CCOC(=O)CNC(=O)c1c(O)ccc2nc(-c3cccc(F)c3F)cnc12. The summed E-state index contributed by atoms with van der Waals surface area (Å²) in [7, 11) is 0. The third-order valence-corrected chi connectivity index (χ3v) is 3.84. The first-order valence-corrected chi connectivity index (χ1v) is 8.29. The molecule has 0 aliphatic carbocycles. The van der Waals surface area contributed by atoms with E-state index < -0.39 is 23.5 Å². The van der Waals surface area contributed by atoms with Crippen molar-refractivity contribution in [1.29, 1.82) is 0 Å². The predicted molar refractivity (Wildman–Crippen MR) is 95.5 cm³/mol. The molecule has 0 atom stereocenters. The van der Waals surface area contributed by atoms with Crippen molar-refractivity contribution in [3.05, 3.63) is 53.7 Å². The Kier molecular flexibility index (Phi) is 5.44. The zero-order valence-corrected chi connectivity index (χ0v) is 14.7. The highest BCUT2D eigenvalue weighted by atomic mass is 19.2. The molecule has 0 saturated carbocycles. The van der Waals surface area contributed by atoms with Gasteiger partial charge in [0, 0.05) is 5.56 Å². The molecule has 0 aliphatic rings. The van der Waals surface area contributed by atoms with Gasteiger partial charge in [-0.25, -0.2) is 13.8 Å². The van der Waals surface area contributed by atoms with Crippen molar-refractivity contribution in [3.63, 3.8) is 0 Å². The molecule has 2 N–H and O–H groups in total. The van der Waals surface area contributed by atoms with Crippen LogP contribution in [0.3, 0.4) is 0 Å². The van der Waals surface area contributed by atoms with Gasteiger partial charge in [0.05, 0.1) is 24.0 Å². The van der Waals surface area contributed by atoms with E-state index in [1.54, 1.807) is 6.92 Å². The molecular weight excluding hydrogens is 372 g/mol. The number of hydrogen-bond acceptors (Lipinski definition) is 6. The average Bonchev–Trinajstić information content (AvgIpc) is 2.68. The lowest BCUT2D eigenvalue weighted by molar-refractivity contribution is -0.141. The van der Waals surface area contributed by atoms with E-state index in [2.05, 4.69) is 15.3 Å². The molecule has 7 nitrogen and oxygen atoms in total. The van der Waals surface area contributed by atoms with Gasteiger partial charge in [-0.2, -0.15) is 0 Å². The van der Waals surface area contributed by atoms with E-state index in [-0.39, 0.29) is 46.8 Å². The predicted octanol–water partition coefficient (Wildman–Crippen LogP) is 2.57. The summed E-state index contributed by atoms with van der Waals surface area (Å²) >= 11 is 0. The summed E-state index contributed by atoms with van der Waals surface area (Å²) in [5.41, 5.74) is 0.00610. The molecule has 1 aromatic heterocycles. The van der Waals surface area contributed by atoms with Crippen molar-refractivity contribution in [2.24, 2.45) is 0 Å². The Balaban J connectivity index is 1.99. The Bertz CT molecular complexity index is 1070. The average molecular weight is 387 g/mol. The fraction of sp³-hybridized carbons (Fsp3) is 0.158. The van der Waals surface area contributed by atoms with E-state index >= 15 is 0 Å². The van der Waals surface area contributed by atoms with E-state index in [0.29, 0.717) is 0 Å². The molecule has 9 heteroatoms. The molecule has 0 bridgehead atoms. The van der Waals surface area contributed by atoms with Gasteiger partial charge in [-0.15, -0.1) is 0 Å². The van der Waals surface area contributed by atoms with Crippen LogP contribution in [-0.2, 0) is 9.53 Å². The summed E-state index contributed by atoms with van der Waals surface area (Å²) in [5.74, 6) is -3.85. The van der Waals surface area contributed by atoms with Crippen molar-refractivity contribution in [3.8, 4) is 17.0 Å².